The minimum Gasteiger partial charge on any atom is -0.382 e. The average Bonchev–Trinajstić information content (AvgIpc) is 2.34. The summed E-state index contributed by atoms with van der Waals surface area (Å²) in [5.41, 5.74) is 0. The summed E-state index contributed by atoms with van der Waals surface area (Å²) in [6, 6.07) is 8.96. The SMILES string of the molecule is OC(CNc1nccc2ccccc12)C(F)(F)F. The molecule has 0 saturated heterocycles. The quantitative estimate of drug-likeness (QED) is 0.887. The van der Waals surface area contributed by atoms with Crippen LogP contribution in [0.4, 0.5) is 19.0 Å². The normalized spacial score (nSPS) is 13.6. The number of aliphatic hydroxyl groups is 1. The Balaban J connectivity index is 2.18. The van der Waals surface area contributed by atoms with Crippen molar-refractivity contribution in [3.05, 3.63) is 36.5 Å². The van der Waals surface area contributed by atoms with E-state index in [1.54, 1.807) is 18.2 Å². The first-order valence-electron chi connectivity index (χ1n) is 5.31. The van der Waals surface area contributed by atoms with Gasteiger partial charge in [-0.15, -0.1) is 0 Å². The highest BCUT2D eigenvalue weighted by Crippen LogP contribution is 2.23. The van der Waals surface area contributed by atoms with E-state index in [4.69, 9.17) is 5.11 Å². The molecule has 1 aromatic carbocycles. The Kier molecular flexibility index (Phi) is 3.38. The van der Waals surface area contributed by atoms with Crippen molar-refractivity contribution in [2.75, 3.05) is 11.9 Å². The number of rotatable bonds is 3. The summed E-state index contributed by atoms with van der Waals surface area (Å²) in [5.74, 6) is 0.330. The van der Waals surface area contributed by atoms with E-state index in [-0.39, 0.29) is 0 Å². The van der Waals surface area contributed by atoms with Crippen molar-refractivity contribution >= 4 is 16.6 Å². The summed E-state index contributed by atoms with van der Waals surface area (Å²) in [7, 11) is 0. The maximum atomic E-state index is 12.2. The molecule has 1 heterocycles. The van der Waals surface area contributed by atoms with Crippen LogP contribution in [0.15, 0.2) is 36.5 Å². The third kappa shape index (κ3) is 2.70. The van der Waals surface area contributed by atoms with Crippen molar-refractivity contribution < 1.29 is 18.3 Å². The van der Waals surface area contributed by atoms with Crippen molar-refractivity contribution in [2.45, 2.75) is 12.3 Å². The number of halogens is 3. The van der Waals surface area contributed by atoms with Crippen molar-refractivity contribution in [1.29, 1.82) is 0 Å². The molecule has 0 bridgehead atoms. The Labute approximate surface area is 101 Å². The van der Waals surface area contributed by atoms with Crippen molar-refractivity contribution in [3.8, 4) is 0 Å². The van der Waals surface area contributed by atoms with E-state index in [0.29, 0.717) is 5.82 Å². The molecule has 96 valence electrons. The second-order valence-corrected chi connectivity index (χ2v) is 3.82. The van der Waals surface area contributed by atoms with Crippen LogP contribution in [-0.2, 0) is 0 Å². The van der Waals surface area contributed by atoms with Crippen molar-refractivity contribution in [1.82, 2.24) is 4.98 Å². The highest BCUT2D eigenvalue weighted by Gasteiger charge is 2.37. The van der Waals surface area contributed by atoms with E-state index in [1.165, 1.54) is 6.20 Å². The number of aliphatic hydroxyl groups excluding tert-OH is 1. The lowest BCUT2D eigenvalue weighted by atomic mass is 10.1. The van der Waals surface area contributed by atoms with E-state index in [9.17, 15) is 13.2 Å². The molecule has 0 saturated carbocycles. The Morgan fingerprint density at radius 3 is 2.67 bits per heavy atom. The number of anilines is 1. The van der Waals surface area contributed by atoms with Gasteiger partial charge in [-0.2, -0.15) is 13.2 Å². The monoisotopic (exact) mass is 256 g/mol. The molecule has 0 aliphatic rings. The minimum absolute atomic E-state index is 0.330. The van der Waals surface area contributed by atoms with Crippen LogP contribution in [0.5, 0.6) is 0 Å². The van der Waals surface area contributed by atoms with Crippen LogP contribution < -0.4 is 5.32 Å². The third-order valence-electron chi connectivity index (χ3n) is 2.51. The van der Waals surface area contributed by atoms with Gasteiger partial charge in [0.1, 0.15) is 5.82 Å². The van der Waals surface area contributed by atoms with Crippen LogP contribution in [0.3, 0.4) is 0 Å². The van der Waals surface area contributed by atoms with E-state index >= 15 is 0 Å². The van der Waals surface area contributed by atoms with Crippen LogP contribution in [0.25, 0.3) is 10.8 Å². The van der Waals surface area contributed by atoms with E-state index < -0.39 is 18.8 Å². The van der Waals surface area contributed by atoms with Crippen LogP contribution >= 0.6 is 0 Å². The van der Waals surface area contributed by atoms with Gasteiger partial charge in [0.15, 0.2) is 6.10 Å². The molecule has 1 unspecified atom stereocenters. The van der Waals surface area contributed by atoms with Crippen molar-refractivity contribution in [3.63, 3.8) is 0 Å². The Bertz CT molecular complexity index is 537. The standard InChI is InChI=1S/C12H11F3N2O/c13-12(14,15)10(18)7-17-11-9-4-2-1-3-8(9)5-6-16-11/h1-6,10,18H,7H2,(H,16,17). The smallest absolute Gasteiger partial charge is 0.382 e. The first kappa shape index (κ1) is 12.6. The number of fused-ring (bicyclic) bond motifs is 1. The number of hydrogen-bond acceptors (Lipinski definition) is 3. The van der Waals surface area contributed by atoms with E-state index in [0.717, 1.165) is 10.8 Å². The molecule has 0 fully saturated rings. The number of hydrogen-bond donors (Lipinski definition) is 2. The third-order valence-corrected chi connectivity index (χ3v) is 2.51. The van der Waals surface area contributed by atoms with Gasteiger partial charge in [0, 0.05) is 11.6 Å². The molecule has 2 aromatic rings. The van der Waals surface area contributed by atoms with Gasteiger partial charge < -0.3 is 10.4 Å². The van der Waals surface area contributed by atoms with Gasteiger partial charge in [0.25, 0.3) is 0 Å². The molecule has 2 rings (SSSR count). The molecule has 2 N–H and O–H groups in total. The van der Waals surface area contributed by atoms with E-state index in [1.807, 2.05) is 12.1 Å². The molecule has 1 aromatic heterocycles. The summed E-state index contributed by atoms with van der Waals surface area (Å²) in [5, 5.41) is 13.0. The van der Waals surface area contributed by atoms with Gasteiger partial charge in [0.2, 0.25) is 0 Å². The molecule has 0 aliphatic heterocycles. The number of alkyl halides is 3. The first-order valence-corrected chi connectivity index (χ1v) is 5.31. The highest BCUT2D eigenvalue weighted by molar-refractivity contribution is 5.91. The highest BCUT2D eigenvalue weighted by atomic mass is 19.4. The van der Waals surface area contributed by atoms with Gasteiger partial charge in [-0.3, -0.25) is 0 Å². The van der Waals surface area contributed by atoms with Gasteiger partial charge in [0.05, 0.1) is 6.54 Å². The lowest BCUT2D eigenvalue weighted by Gasteiger charge is -2.16. The number of nitrogens with zero attached hydrogens (tertiary/aromatic N) is 1. The predicted octanol–water partition coefficient (Wildman–Crippen LogP) is 2.57. The lowest BCUT2D eigenvalue weighted by molar-refractivity contribution is -0.198. The predicted molar refractivity (Wildman–Crippen MR) is 62.3 cm³/mol. The molecule has 18 heavy (non-hydrogen) atoms. The molecule has 0 aliphatic carbocycles. The number of nitrogens with one attached hydrogen (secondary N) is 1. The molecule has 3 nitrogen and oxygen atoms in total. The number of aromatic nitrogens is 1. The number of benzene rings is 1. The Morgan fingerprint density at radius 1 is 1.22 bits per heavy atom. The van der Waals surface area contributed by atoms with Crippen LogP contribution in [0, 0.1) is 0 Å². The lowest BCUT2D eigenvalue weighted by Crippen LogP contribution is -2.35. The maximum absolute atomic E-state index is 12.2. The minimum atomic E-state index is -4.63. The van der Waals surface area contributed by atoms with Crippen molar-refractivity contribution in [2.24, 2.45) is 0 Å². The summed E-state index contributed by atoms with van der Waals surface area (Å²) in [6.45, 7) is -0.621. The second-order valence-electron chi connectivity index (χ2n) is 3.82. The summed E-state index contributed by atoms with van der Waals surface area (Å²) in [6.07, 6.45) is -5.53. The van der Waals surface area contributed by atoms with E-state index in [2.05, 4.69) is 10.3 Å². The molecular weight excluding hydrogens is 245 g/mol. The zero-order valence-corrected chi connectivity index (χ0v) is 9.28. The first-order chi connectivity index (χ1) is 8.48. The fraction of sp³-hybridized carbons (Fsp3) is 0.250. The fourth-order valence-corrected chi connectivity index (χ4v) is 1.57. The zero-order chi connectivity index (χ0) is 13.2. The van der Waals surface area contributed by atoms with Gasteiger partial charge in [-0.25, -0.2) is 4.98 Å². The summed E-state index contributed by atoms with van der Waals surface area (Å²) < 4.78 is 36.5. The molecule has 0 amide bonds. The molecule has 6 heteroatoms. The Hall–Kier alpha value is -1.82. The topological polar surface area (TPSA) is 45.1 Å². The molecular formula is C12H11F3N2O. The van der Waals surface area contributed by atoms with Gasteiger partial charge >= 0.3 is 6.18 Å². The molecule has 0 spiro atoms. The van der Waals surface area contributed by atoms with Crippen LogP contribution in [0.1, 0.15) is 0 Å². The second kappa shape index (κ2) is 4.81. The zero-order valence-electron chi connectivity index (χ0n) is 9.28. The molecule has 0 radical (unpaired) electrons. The molecule has 1 atom stereocenters. The van der Waals surface area contributed by atoms with Crippen LogP contribution in [0.2, 0.25) is 0 Å². The summed E-state index contributed by atoms with van der Waals surface area (Å²) >= 11 is 0. The maximum Gasteiger partial charge on any atom is 0.416 e. The summed E-state index contributed by atoms with van der Waals surface area (Å²) in [4.78, 5) is 3.97. The van der Waals surface area contributed by atoms with Gasteiger partial charge in [-0.1, -0.05) is 24.3 Å². The Morgan fingerprint density at radius 2 is 1.94 bits per heavy atom. The van der Waals surface area contributed by atoms with Crippen LogP contribution in [-0.4, -0.2) is 28.9 Å². The fourth-order valence-electron chi connectivity index (χ4n) is 1.57. The van der Waals surface area contributed by atoms with Gasteiger partial charge in [-0.05, 0) is 11.5 Å². The largest absolute Gasteiger partial charge is 0.416 e. The number of pyridine rings is 1. The average molecular weight is 256 g/mol.